The van der Waals surface area contributed by atoms with Gasteiger partial charge in [-0.05, 0) is 51.4 Å². The van der Waals surface area contributed by atoms with Gasteiger partial charge in [0, 0.05) is 12.8 Å². The second-order valence-electron chi connectivity index (χ2n) is 12.2. The van der Waals surface area contributed by atoms with Crippen molar-refractivity contribution in [2.45, 2.75) is 155 Å². The smallest absolute Gasteiger partial charge is 0.310 e. The summed E-state index contributed by atoms with van der Waals surface area (Å²) in [7, 11) is 0. The van der Waals surface area contributed by atoms with Crippen molar-refractivity contribution in [2.75, 3.05) is 13.2 Å². The Morgan fingerprint density at radius 1 is 0.469 bits per heavy atom. The minimum Gasteiger partial charge on any atom is -0.462 e. The lowest BCUT2D eigenvalue weighted by molar-refractivity contribution is -0.166. The van der Waals surface area contributed by atoms with Gasteiger partial charge in [-0.15, -0.1) is 0 Å². The van der Waals surface area contributed by atoms with Crippen LogP contribution in [0.15, 0.2) is 85.1 Å². The number of carbonyl (C=O) groups excluding carboxylic acids is 3. The monoisotopic (exact) mass is 681 g/mol. The molecule has 276 valence electrons. The van der Waals surface area contributed by atoms with Crippen molar-refractivity contribution in [3.05, 3.63) is 85.1 Å². The Bertz CT molecular complexity index is 1010. The summed E-state index contributed by atoms with van der Waals surface area (Å²) < 4.78 is 16.4. The van der Waals surface area contributed by atoms with Crippen molar-refractivity contribution in [1.82, 2.24) is 0 Å². The zero-order valence-corrected chi connectivity index (χ0v) is 31.2. The summed E-state index contributed by atoms with van der Waals surface area (Å²) in [6.07, 6.45) is 46.1. The first-order valence-corrected chi connectivity index (χ1v) is 19.1. The normalized spacial score (nSPS) is 13.0. The van der Waals surface area contributed by atoms with E-state index in [-0.39, 0.29) is 31.6 Å². The van der Waals surface area contributed by atoms with E-state index in [0.717, 1.165) is 70.6 Å². The van der Waals surface area contributed by atoms with Crippen LogP contribution >= 0.6 is 0 Å². The molecule has 49 heavy (non-hydrogen) atoms. The van der Waals surface area contributed by atoms with Gasteiger partial charge in [0.05, 0.1) is 6.42 Å². The maximum atomic E-state index is 12.5. The molecule has 0 aromatic heterocycles. The molecular weight excluding hydrogens is 612 g/mol. The van der Waals surface area contributed by atoms with Crippen molar-refractivity contribution in [3.8, 4) is 0 Å². The quantitative estimate of drug-likeness (QED) is 0.0231. The molecule has 1 atom stereocenters. The van der Waals surface area contributed by atoms with Gasteiger partial charge in [0.25, 0.3) is 0 Å². The number of ether oxygens (including phenoxy) is 3. The minimum absolute atomic E-state index is 0.0949. The molecule has 0 saturated carbocycles. The maximum absolute atomic E-state index is 12.5. The summed E-state index contributed by atoms with van der Waals surface area (Å²) >= 11 is 0. The number of hydrogen-bond acceptors (Lipinski definition) is 6. The van der Waals surface area contributed by atoms with Crippen molar-refractivity contribution in [1.29, 1.82) is 0 Å². The highest BCUT2D eigenvalue weighted by atomic mass is 16.6. The average molecular weight is 681 g/mol. The third-order valence-electron chi connectivity index (χ3n) is 7.52. The van der Waals surface area contributed by atoms with E-state index in [0.29, 0.717) is 12.8 Å². The lowest BCUT2D eigenvalue weighted by Gasteiger charge is -2.18. The molecule has 0 amide bonds. The van der Waals surface area contributed by atoms with Crippen LogP contribution in [-0.4, -0.2) is 37.2 Å². The summed E-state index contributed by atoms with van der Waals surface area (Å²) in [5.74, 6) is -1.11. The SMILES string of the molecule is CC\C=C/C=C\C=C/C=C\CCCCCC(=O)OCC(COC(=O)CCCCCCCCCCC)OC(=O)C/C=C\C/C=C\C/C=C\CC. The van der Waals surface area contributed by atoms with Crippen LogP contribution in [0.1, 0.15) is 149 Å². The summed E-state index contributed by atoms with van der Waals surface area (Å²) in [4.78, 5) is 37.3. The maximum Gasteiger partial charge on any atom is 0.310 e. The van der Waals surface area contributed by atoms with Crippen LogP contribution < -0.4 is 0 Å². The number of unbranched alkanes of at least 4 members (excludes halogenated alkanes) is 11. The molecule has 6 nitrogen and oxygen atoms in total. The Balaban J connectivity index is 4.55. The summed E-state index contributed by atoms with van der Waals surface area (Å²) in [5, 5.41) is 0. The molecule has 0 rings (SSSR count). The number of esters is 3. The molecule has 0 N–H and O–H groups in total. The highest BCUT2D eigenvalue weighted by Gasteiger charge is 2.19. The van der Waals surface area contributed by atoms with Gasteiger partial charge in [-0.3, -0.25) is 14.4 Å². The minimum atomic E-state index is -0.835. The van der Waals surface area contributed by atoms with Crippen molar-refractivity contribution in [2.24, 2.45) is 0 Å². The van der Waals surface area contributed by atoms with Gasteiger partial charge in [-0.2, -0.15) is 0 Å². The molecular formula is C43H68O6. The summed E-state index contributed by atoms with van der Waals surface area (Å²) in [6.45, 7) is 6.18. The zero-order valence-electron chi connectivity index (χ0n) is 31.2. The molecule has 0 saturated heterocycles. The van der Waals surface area contributed by atoms with Crippen LogP contribution in [-0.2, 0) is 28.6 Å². The van der Waals surface area contributed by atoms with Crippen LogP contribution in [0.4, 0.5) is 0 Å². The zero-order chi connectivity index (χ0) is 35.9. The Morgan fingerprint density at radius 2 is 0.939 bits per heavy atom. The van der Waals surface area contributed by atoms with Gasteiger partial charge in [0.15, 0.2) is 6.10 Å². The van der Waals surface area contributed by atoms with E-state index < -0.39 is 12.1 Å². The van der Waals surface area contributed by atoms with E-state index in [4.69, 9.17) is 14.2 Å². The molecule has 0 aliphatic heterocycles. The molecule has 1 unspecified atom stereocenters. The van der Waals surface area contributed by atoms with Gasteiger partial charge in [-0.1, -0.05) is 164 Å². The Labute approximate surface area is 299 Å². The topological polar surface area (TPSA) is 78.9 Å². The highest BCUT2D eigenvalue weighted by Crippen LogP contribution is 2.12. The number of hydrogen-bond donors (Lipinski definition) is 0. The number of rotatable bonds is 32. The molecule has 0 bridgehead atoms. The number of carbonyl (C=O) groups is 3. The molecule has 0 spiro atoms. The van der Waals surface area contributed by atoms with Gasteiger partial charge in [0.2, 0.25) is 0 Å². The molecule has 0 aromatic rings. The second-order valence-corrected chi connectivity index (χ2v) is 12.2. The van der Waals surface area contributed by atoms with Crippen molar-refractivity contribution >= 4 is 17.9 Å². The standard InChI is InChI=1S/C43H68O6/c1-4-7-10-13-16-19-20-21-22-25-27-30-33-36-42(45)48-39-40(49-43(46)37-34-31-28-24-18-15-12-9-6-3)38-47-41(44)35-32-29-26-23-17-14-11-8-5-2/h7,9-10,12-13,16,18-22,24,31,34,40H,4-6,8,11,14-15,17,23,25-30,32-33,35-39H2,1-3H3/b10-7-,12-9-,16-13-,20-19-,22-21-,24-18-,34-31-. The molecule has 0 aliphatic carbocycles. The third kappa shape index (κ3) is 35.7. The van der Waals surface area contributed by atoms with Crippen LogP contribution in [0.3, 0.4) is 0 Å². The van der Waals surface area contributed by atoms with E-state index in [1.165, 1.54) is 38.5 Å². The largest absolute Gasteiger partial charge is 0.462 e. The van der Waals surface area contributed by atoms with Crippen molar-refractivity contribution < 1.29 is 28.6 Å². The first-order valence-electron chi connectivity index (χ1n) is 19.1. The van der Waals surface area contributed by atoms with Crippen LogP contribution in [0.2, 0.25) is 0 Å². The van der Waals surface area contributed by atoms with E-state index in [2.05, 4.69) is 57.2 Å². The Morgan fingerprint density at radius 3 is 1.51 bits per heavy atom. The Hall–Kier alpha value is -3.41. The molecule has 0 heterocycles. The lowest BCUT2D eigenvalue weighted by atomic mass is 10.1. The van der Waals surface area contributed by atoms with Gasteiger partial charge < -0.3 is 14.2 Å². The van der Waals surface area contributed by atoms with E-state index in [1.807, 2.05) is 42.5 Å². The molecule has 0 aliphatic rings. The summed E-state index contributed by atoms with van der Waals surface area (Å²) in [6, 6.07) is 0. The second kappa shape index (κ2) is 37.4. The lowest BCUT2D eigenvalue weighted by Crippen LogP contribution is -2.30. The number of allylic oxidation sites excluding steroid dienone is 13. The fourth-order valence-electron chi connectivity index (χ4n) is 4.69. The molecule has 0 fully saturated rings. The van der Waals surface area contributed by atoms with Gasteiger partial charge in [-0.25, -0.2) is 0 Å². The van der Waals surface area contributed by atoms with Crippen molar-refractivity contribution in [3.63, 3.8) is 0 Å². The first kappa shape index (κ1) is 45.6. The average Bonchev–Trinajstić information content (AvgIpc) is 3.10. The van der Waals surface area contributed by atoms with Crippen LogP contribution in [0.5, 0.6) is 0 Å². The van der Waals surface area contributed by atoms with Crippen LogP contribution in [0.25, 0.3) is 0 Å². The van der Waals surface area contributed by atoms with Gasteiger partial charge >= 0.3 is 17.9 Å². The first-order chi connectivity index (χ1) is 24.0. The highest BCUT2D eigenvalue weighted by molar-refractivity contribution is 5.72. The predicted molar refractivity (Wildman–Crippen MR) is 205 cm³/mol. The Kier molecular flexibility index (Phi) is 34.8. The van der Waals surface area contributed by atoms with E-state index >= 15 is 0 Å². The molecule has 0 aromatic carbocycles. The van der Waals surface area contributed by atoms with Gasteiger partial charge in [0.1, 0.15) is 13.2 Å². The fourth-order valence-corrected chi connectivity index (χ4v) is 4.69. The fraction of sp³-hybridized carbons (Fsp3) is 0.605. The molecule has 6 heteroatoms. The van der Waals surface area contributed by atoms with Crippen LogP contribution in [0, 0.1) is 0 Å². The van der Waals surface area contributed by atoms with E-state index in [9.17, 15) is 14.4 Å². The van der Waals surface area contributed by atoms with E-state index in [1.54, 1.807) is 6.08 Å². The summed E-state index contributed by atoms with van der Waals surface area (Å²) in [5.41, 5.74) is 0. The molecule has 0 radical (unpaired) electrons. The predicted octanol–water partition coefficient (Wildman–Crippen LogP) is 11.7. The third-order valence-corrected chi connectivity index (χ3v) is 7.52.